The maximum Gasteiger partial charge on any atom is 0.435 e. The van der Waals surface area contributed by atoms with Gasteiger partial charge in [-0.3, -0.25) is 0 Å². The Labute approximate surface area is 143 Å². The molecule has 24 heavy (non-hydrogen) atoms. The molecule has 0 aliphatic carbocycles. The van der Waals surface area contributed by atoms with Crippen LogP contribution in [-0.2, 0) is 6.18 Å². The predicted molar refractivity (Wildman–Crippen MR) is 84.0 cm³/mol. The van der Waals surface area contributed by atoms with Crippen molar-refractivity contribution in [1.29, 1.82) is 0 Å². The quantitative estimate of drug-likeness (QED) is 0.729. The fraction of sp³-hybridized carbons (Fsp3) is 0.0714. The van der Waals surface area contributed by atoms with E-state index in [9.17, 15) is 13.2 Å². The van der Waals surface area contributed by atoms with Gasteiger partial charge in [0.15, 0.2) is 5.69 Å². The highest BCUT2D eigenvalue weighted by Crippen LogP contribution is 2.41. The van der Waals surface area contributed by atoms with Crippen molar-refractivity contribution in [3.63, 3.8) is 0 Å². The molecule has 2 N–H and O–H groups in total. The molecule has 2 heterocycles. The number of halogens is 5. The van der Waals surface area contributed by atoms with E-state index in [1.54, 1.807) is 0 Å². The lowest BCUT2D eigenvalue weighted by molar-refractivity contribution is -0.140. The van der Waals surface area contributed by atoms with E-state index in [1.807, 2.05) is 0 Å². The van der Waals surface area contributed by atoms with Crippen LogP contribution in [0.25, 0.3) is 17.1 Å². The van der Waals surface area contributed by atoms with Crippen molar-refractivity contribution in [3.8, 4) is 17.1 Å². The molecule has 0 fully saturated rings. The Balaban J connectivity index is 2.28. The zero-order chi connectivity index (χ0) is 17.5. The Morgan fingerprint density at radius 1 is 1.04 bits per heavy atom. The molecule has 1 aromatic carbocycles. The number of nitrogens with two attached hydrogens (primary N) is 1. The molecule has 0 radical (unpaired) electrons. The molecule has 0 aliphatic rings. The number of benzene rings is 1. The summed E-state index contributed by atoms with van der Waals surface area (Å²) in [6, 6.07) is 5.58. The minimum atomic E-state index is -4.73. The van der Waals surface area contributed by atoms with Gasteiger partial charge in [0.25, 0.3) is 5.95 Å². The van der Waals surface area contributed by atoms with Crippen LogP contribution >= 0.6 is 23.2 Å². The normalized spacial score (nSPS) is 11.7. The third-order valence-corrected chi connectivity index (χ3v) is 3.88. The SMILES string of the molecule is Nc1c(-c2ccc(Cl)c(Cl)c2)c(C(F)(F)F)nn1-c1ncccn1. The van der Waals surface area contributed by atoms with Crippen LogP contribution in [0.1, 0.15) is 5.69 Å². The summed E-state index contributed by atoms with van der Waals surface area (Å²) >= 11 is 11.7. The first-order chi connectivity index (χ1) is 11.3. The second-order valence-corrected chi connectivity index (χ2v) is 5.51. The second kappa shape index (κ2) is 5.95. The number of rotatable bonds is 2. The number of aromatic nitrogens is 4. The zero-order valence-corrected chi connectivity index (χ0v) is 13.2. The van der Waals surface area contributed by atoms with E-state index in [-0.39, 0.29) is 32.9 Å². The molecule has 0 bridgehead atoms. The van der Waals surface area contributed by atoms with Crippen molar-refractivity contribution in [2.75, 3.05) is 5.73 Å². The van der Waals surface area contributed by atoms with E-state index in [0.717, 1.165) is 4.68 Å². The number of hydrogen-bond donors (Lipinski definition) is 1. The van der Waals surface area contributed by atoms with Crippen LogP contribution in [0.5, 0.6) is 0 Å². The molecule has 10 heteroatoms. The molecule has 0 saturated carbocycles. The molecule has 124 valence electrons. The van der Waals surface area contributed by atoms with Gasteiger partial charge in [0.2, 0.25) is 0 Å². The molecule has 3 rings (SSSR count). The summed E-state index contributed by atoms with van der Waals surface area (Å²) in [6.07, 6.45) is -1.99. The van der Waals surface area contributed by atoms with E-state index in [2.05, 4.69) is 15.1 Å². The summed E-state index contributed by atoms with van der Waals surface area (Å²) in [4.78, 5) is 7.73. The number of nitrogens with zero attached hydrogens (tertiary/aromatic N) is 4. The van der Waals surface area contributed by atoms with Crippen molar-refractivity contribution < 1.29 is 13.2 Å². The van der Waals surface area contributed by atoms with Gasteiger partial charge in [0.05, 0.1) is 15.6 Å². The number of anilines is 1. The third-order valence-electron chi connectivity index (χ3n) is 3.14. The molecule has 0 amide bonds. The van der Waals surface area contributed by atoms with Crippen molar-refractivity contribution in [3.05, 3.63) is 52.4 Å². The first-order valence-corrected chi connectivity index (χ1v) is 7.23. The summed E-state index contributed by atoms with van der Waals surface area (Å²) in [5.41, 5.74) is 4.56. The van der Waals surface area contributed by atoms with Crippen LogP contribution in [-0.4, -0.2) is 19.7 Å². The minimum absolute atomic E-state index is 0.0770. The van der Waals surface area contributed by atoms with E-state index >= 15 is 0 Å². The van der Waals surface area contributed by atoms with Crippen LogP contribution in [0, 0.1) is 0 Å². The van der Waals surface area contributed by atoms with E-state index < -0.39 is 11.9 Å². The lowest BCUT2D eigenvalue weighted by atomic mass is 10.1. The van der Waals surface area contributed by atoms with Crippen LogP contribution in [0.3, 0.4) is 0 Å². The van der Waals surface area contributed by atoms with Gasteiger partial charge in [-0.05, 0) is 23.8 Å². The Kier molecular flexibility index (Phi) is 4.10. The lowest BCUT2D eigenvalue weighted by Gasteiger charge is -2.08. The topological polar surface area (TPSA) is 69.6 Å². The molecule has 3 aromatic rings. The van der Waals surface area contributed by atoms with Crippen molar-refractivity contribution in [2.45, 2.75) is 6.18 Å². The maximum absolute atomic E-state index is 13.4. The van der Waals surface area contributed by atoms with E-state index in [0.29, 0.717) is 0 Å². The van der Waals surface area contributed by atoms with Crippen molar-refractivity contribution >= 4 is 29.0 Å². The molecule has 0 atom stereocenters. The monoisotopic (exact) mass is 373 g/mol. The lowest BCUT2D eigenvalue weighted by Crippen LogP contribution is -2.09. The van der Waals surface area contributed by atoms with Gasteiger partial charge in [0, 0.05) is 12.4 Å². The molecular weight excluding hydrogens is 366 g/mol. The summed E-state index contributed by atoms with van der Waals surface area (Å²) in [5, 5.41) is 3.86. The van der Waals surface area contributed by atoms with Crippen molar-refractivity contribution in [1.82, 2.24) is 19.7 Å². The van der Waals surface area contributed by atoms with Gasteiger partial charge < -0.3 is 5.73 Å². The predicted octanol–water partition coefficient (Wildman–Crippen LogP) is 4.24. The summed E-state index contributed by atoms with van der Waals surface area (Å²) in [6.45, 7) is 0. The van der Waals surface area contributed by atoms with E-state index in [1.165, 1.54) is 36.7 Å². The fourth-order valence-corrected chi connectivity index (χ4v) is 2.42. The molecule has 2 aromatic heterocycles. The molecule has 5 nitrogen and oxygen atoms in total. The molecular formula is C14H8Cl2F3N5. The Morgan fingerprint density at radius 2 is 1.71 bits per heavy atom. The van der Waals surface area contributed by atoms with E-state index in [4.69, 9.17) is 28.9 Å². The van der Waals surface area contributed by atoms with Gasteiger partial charge in [-0.1, -0.05) is 29.3 Å². The standard InChI is InChI=1S/C14H8Cl2F3N5/c15-8-3-2-7(6-9(8)16)10-11(14(17,18)19)23-24(12(10)20)13-21-4-1-5-22-13/h1-6H,20H2. The zero-order valence-electron chi connectivity index (χ0n) is 11.7. The van der Waals surface area contributed by atoms with Gasteiger partial charge in [-0.15, -0.1) is 0 Å². The maximum atomic E-state index is 13.4. The molecule has 0 saturated heterocycles. The average molecular weight is 374 g/mol. The van der Waals surface area contributed by atoms with Crippen LogP contribution < -0.4 is 5.73 Å². The number of hydrogen-bond acceptors (Lipinski definition) is 4. The van der Waals surface area contributed by atoms with Gasteiger partial charge >= 0.3 is 6.18 Å². The minimum Gasteiger partial charge on any atom is -0.383 e. The van der Waals surface area contributed by atoms with Crippen LogP contribution in [0.15, 0.2) is 36.7 Å². The van der Waals surface area contributed by atoms with Crippen molar-refractivity contribution in [2.24, 2.45) is 0 Å². The first-order valence-electron chi connectivity index (χ1n) is 6.47. The first kappa shape index (κ1) is 16.5. The Morgan fingerprint density at radius 3 is 2.29 bits per heavy atom. The van der Waals surface area contributed by atoms with Crippen LogP contribution in [0.4, 0.5) is 19.0 Å². The van der Waals surface area contributed by atoms with Gasteiger partial charge in [-0.2, -0.15) is 23.0 Å². The largest absolute Gasteiger partial charge is 0.435 e. The third kappa shape index (κ3) is 2.90. The second-order valence-electron chi connectivity index (χ2n) is 4.70. The molecule has 0 unspecified atom stereocenters. The summed E-state index contributed by atoms with van der Waals surface area (Å²) in [7, 11) is 0. The average Bonchev–Trinajstić information content (AvgIpc) is 2.89. The number of alkyl halides is 3. The highest BCUT2D eigenvalue weighted by atomic mass is 35.5. The molecule has 0 spiro atoms. The highest BCUT2D eigenvalue weighted by Gasteiger charge is 2.40. The van der Waals surface area contributed by atoms with Gasteiger partial charge in [-0.25, -0.2) is 9.97 Å². The Hall–Kier alpha value is -2.32. The smallest absolute Gasteiger partial charge is 0.383 e. The highest BCUT2D eigenvalue weighted by molar-refractivity contribution is 6.42. The fourth-order valence-electron chi connectivity index (χ4n) is 2.12. The summed E-state index contributed by atoms with van der Waals surface area (Å²) < 4.78 is 41.0. The molecule has 0 aliphatic heterocycles. The van der Waals surface area contributed by atoms with Gasteiger partial charge in [0.1, 0.15) is 5.82 Å². The van der Waals surface area contributed by atoms with Crippen LogP contribution in [0.2, 0.25) is 10.0 Å². The Bertz CT molecular complexity index is 893. The summed E-state index contributed by atoms with van der Waals surface area (Å²) in [5.74, 6) is -0.335. The number of nitrogen functional groups attached to an aromatic ring is 1.